The Morgan fingerprint density at radius 3 is 2.56 bits per heavy atom. The standard InChI is InChI=1S/C14H30N4/c1-3-14(4-2,12-16)13-18-10-6-5-9-17-11-7-8-15/h8,11,15,18H,3-7,9-10,12-13,16H2,1-2H3. The van der Waals surface area contributed by atoms with E-state index in [-0.39, 0.29) is 5.41 Å². The van der Waals surface area contributed by atoms with Gasteiger partial charge in [-0.1, -0.05) is 13.8 Å². The summed E-state index contributed by atoms with van der Waals surface area (Å²) in [7, 11) is 0. The van der Waals surface area contributed by atoms with Gasteiger partial charge >= 0.3 is 0 Å². The maximum absolute atomic E-state index is 6.85. The van der Waals surface area contributed by atoms with Crippen LogP contribution < -0.4 is 11.1 Å². The lowest BCUT2D eigenvalue weighted by molar-refractivity contribution is 0.259. The van der Waals surface area contributed by atoms with E-state index < -0.39 is 0 Å². The summed E-state index contributed by atoms with van der Waals surface area (Å²) in [6, 6.07) is 0. The van der Waals surface area contributed by atoms with E-state index in [2.05, 4.69) is 24.2 Å². The SMILES string of the molecule is CCC(CC)(CN)CNCCCCN=CCC=N. The predicted molar refractivity (Wildman–Crippen MR) is 80.9 cm³/mol. The van der Waals surface area contributed by atoms with Gasteiger partial charge < -0.3 is 16.5 Å². The maximum Gasteiger partial charge on any atom is 0.0386 e. The van der Waals surface area contributed by atoms with Gasteiger partial charge in [-0.05, 0) is 44.2 Å². The van der Waals surface area contributed by atoms with Gasteiger partial charge in [-0.2, -0.15) is 0 Å². The molecule has 4 nitrogen and oxygen atoms in total. The number of hydrogen-bond donors (Lipinski definition) is 3. The van der Waals surface area contributed by atoms with Gasteiger partial charge in [-0.3, -0.25) is 4.99 Å². The first-order chi connectivity index (χ1) is 8.74. The Morgan fingerprint density at radius 1 is 1.28 bits per heavy atom. The maximum atomic E-state index is 6.85. The molecule has 0 unspecified atom stereocenters. The van der Waals surface area contributed by atoms with Crippen LogP contribution in [-0.2, 0) is 0 Å². The van der Waals surface area contributed by atoms with E-state index in [9.17, 15) is 0 Å². The molecular weight excluding hydrogens is 224 g/mol. The minimum absolute atomic E-state index is 0.280. The van der Waals surface area contributed by atoms with Gasteiger partial charge in [0.05, 0.1) is 0 Å². The molecule has 4 heteroatoms. The number of hydrogen-bond acceptors (Lipinski definition) is 4. The molecule has 0 aromatic heterocycles. The van der Waals surface area contributed by atoms with Gasteiger partial charge in [0.1, 0.15) is 0 Å². The van der Waals surface area contributed by atoms with Crippen molar-refractivity contribution >= 4 is 12.4 Å². The third kappa shape index (κ3) is 7.56. The fourth-order valence-electron chi connectivity index (χ4n) is 1.89. The summed E-state index contributed by atoms with van der Waals surface area (Å²) in [5, 5.41) is 10.4. The van der Waals surface area contributed by atoms with Crippen molar-refractivity contribution < 1.29 is 0 Å². The number of rotatable bonds is 12. The summed E-state index contributed by atoms with van der Waals surface area (Å²) in [6.45, 7) is 8.14. The second-order valence-electron chi connectivity index (χ2n) is 4.82. The van der Waals surface area contributed by atoms with Crippen molar-refractivity contribution in [1.29, 1.82) is 5.41 Å². The summed E-state index contributed by atoms with van der Waals surface area (Å²) in [5.41, 5.74) is 6.14. The second-order valence-corrected chi connectivity index (χ2v) is 4.82. The van der Waals surface area contributed by atoms with Crippen LogP contribution in [0.1, 0.15) is 46.0 Å². The first kappa shape index (κ1) is 17.3. The monoisotopic (exact) mass is 254 g/mol. The molecule has 0 saturated heterocycles. The second kappa shape index (κ2) is 11.4. The molecule has 4 N–H and O–H groups in total. The molecule has 0 aromatic carbocycles. The highest BCUT2D eigenvalue weighted by molar-refractivity contribution is 5.77. The van der Waals surface area contributed by atoms with Gasteiger partial charge in [-0.25, -0.2) is 0 Å². The van der Waals surface area contributed by atoms with Crippen molar-refractivity contribution in [1.82, 2.24) is 5.32 Å². The molecule has 0 aliphatic carbocycles. The average molecular weight is 254 g/mol. The summed E-state index contributed by atoms with van der Waals surface area (Å²) in [4.78, 5) is 4.23. The molecule has 0 aliphatic heterocycles. The molecule has 0 saturated carbocycles. The summed E-state index contributed by atoms with van der Waals surface area (Å²) in [6.07, 6.45) is 8.37. The molecule has 0 bridgehead atoms. The molecule has 18 heavy (non-hydrogen) atoms. The van der Waals surface area contributed by atoms with Crippen LogP contribution in [0.4, 0.5) is 0 Å². The van der Waals surface area contributed by atoms with Crippen molar-refractivity contribution in [2.75, 3.05) is 26.2 Å². The molecule has 0 spiro atoms. The zero-order valence-electron chi connectivity index (χ0n) is 12.0. The molecule has 0 rings (SSSR count). The molecular formula is C14H30N4. The van der Waals surface area contributed by atoms with E-state index in [1.54, 1.807) is 0 Å². The normalized spacial score (nSPS) is 12.2. The lowest BCUT2D eigenvalue weighted by Crippen LogP contribution is -2.39. The lowest BCUT2D eigenvalue weighted by atomic mass is 9.82. The molecule has 0 atom stereocenters. The minimum Gasteiger partial charge on any atom is -0.330 e. The Labute approximate surface area is 112 Å². The van der Waals surface area contributed by atoms with Crippen molar-refractivity contribution in [3.8, 4) is 0 Å². The van der Waals surface area contributed by atoms with Crippen LogP contribution in [-0.4, -0.2) is 38.6 Å². The smallest absolute Gasteiger partial charge is 0.0386 e. The van der Waals surface area contributed by atoms with Crippen LogP contribution in [0.15, 0.2) is 4.99 Å². The molecule has 0 aliphatic rings. The molecule has 106 valence electrons. The molecule has 0 radical (unpaired) electrons. The van der Waals surface area contributed by atoms with Crippen molar-refractivity contribution in [2.45, 2.75) is 46.0 Å². The Kier molecular flexibility index (Phi) is 10.9. The first-order valence-electron chi connectivity index (χ1n) is 7.12. The van der Waals surface area contributed by atoms with E-state index in [1.807, 2.05) is 6.21 Å². The van der Waals surface area contributed by atoms with E-state index in [0.717, 1.165) is 51.9 Å². The fourth-order valence-corrected chi connectivity index (χ4v) is 1.89. The van der Waals surface area contributed by atoms with Crippen molar-refractivity contribution in [2.24, 2.45) is 16.1 Å². The van der Waals surface area contributed by atoms with Gasteiger partial charge in [0.15, 0.2) is 0 Å². The molecule has 0 aromatic rings. The van der Waals surface area contributed by atoms with Gasteiger partial charge in [0.2, 0.25) is 0 Å². The van der Waals surface area contributed by atoms with E-state index in [4.69, 9.17) is 11.1 Å². The Bertz CT molecular complexity index is 214. The quantitative estimate of drug-likeness (QED) is 0.369. The van der Waals surface area contributed by atoms with Crippen LogP contribution in [0, 0.1) is 10.8 Å². The van der Waals surface area contributed by atoms with Crippen LogP contribution in [0.2, 0.25) is 0 Å². The first-order valence-corrected chi connectivity index (χ1v) is 7.12. The highest BCUT2D eigenvalue weighted by Gasteiger charge is 2.23. The third-order valence-corrected chi connectivity index (χ3v) is 3.68. The molecule has 0 heterocycles. The van der Waals surface area contributed by atoms with Crippen LogP contribution in [0.25, 0.3) is 0 Å². The topological polar surface area (TPSA) is 74.3 Å². The van der Waals surface area contributed by atoms with Crippen molar-refractivity contribution in [3.63, 3.8) is 0 Å². The highest BCUT2D eigenvalue weighted by Crippen LogP contribution is 2.23. The Hall–Kier alpha value is -0.740. The third-order valence-electron chi connectivity index (χ3n) is 3.68. The largest absolute Gasteiger partial charge is 0.330 e. The number of nitrogens with one attached hydrogen (secondary N) is 2. The van der Waals surface area contributed by atoms with Gasteiger partial charge in [0, 0.05) is 31.9 Å². The minimum atomic E-state index is 0.280. The Balaban J connectivity index is 3.52. The zero-order chi connectivity index (χ0) is 13.7. The van der Waals surface area contributed by atoms with Gasteiger partial charge in [-0.15, -0.1) is 0 Å². The summed E-state index contributed by atoms with van der Waals surface area (Å²) < 4.78 is 0. The average Bonchev–Trinajstić information content (AvgIpc) is 2.42. The Morgan fingerprint density at radius 2 is 2.00 bits per heavy atom. The lowest BCUT2D eigenvalue weighted by Gasteiger charge is -2.30. The van der Waals surface area contributed by atoms with Crippen LogP contribution in [0.5, 0.6) is 0 Å². The van der Waals surface area contributed by atoms with Crippen molar-refractivity contribution in [3.05, 3.63) is 0 Å². The highest BCUT2D eigenvalue weighted by atomic mass is 14.9. The van der Waals surface area contributed by atoms with E-state index in [0.29, 0.717) is 6.42 Å². The van der Waals surface area contributed by atoms with Crippen LogP contribution >= 0.6 is 0 Å². The number of aliphatic imine (C=N–C) groups is 1. The molecule has 0 fully saturated rings. The fraction of sp³-hybridized carbons (Fsp3) is 0.857. The number of nitrogens with two attached hydrogens (primary N) is 1. The summed E-state index contributed by atoms with van der Waals surface area (Å²) in [5.74, 6) is 0. The van der Waals surface area contributed by atoms with Crippen LogP contribution in [0.3, 0.4) is 0 Å². The summed E-state index contributed by atoms with van der Waals surface area (Å²) >= 11 is 0. The molecule has 0 amide bonds. The number of nitrogens with zero attached hydrogens (tertiary/aromatic N) is 1. The van der Waals surface area contributed by atoms with E-state index >= 15 is 0 Å². The number of unbranched alkanes of at least 4 members (excludes halogenated alkanes) is 1. The predicted octanol–water partition coefficient (Wildman–Crippen LogP) is 2.23. The van der Waals surface area contributed by atoms with Gasteiger partial charge in [0.25, 0.3) is 0 Å². The van der Waals surface area contributed by atoms with E-state index in [1.165, 1.54) is 6.21 Å². The zero-order valence-corrected chi connectivity index (χ0v) is 12.0.